The summed E-state index contributed by atoms with van der Waals surface area (Å²) >= 11 is 0. The number of aromatic hydroxyl groups is 1. The van der Waals surface area contributed by atoms with E-state index in [9.17, 15) is 9.90 Å². The van der Waals surface area contributed by atoms with E-state index in [0.717, 1.165) is 18.7 Å². The number of phenols is 1. The van der Waals surface area contributed by atoms with Crippen molar-refractivity contribution in [3.63, 3.8) is 0 Å². The van der Waals surface area contributed by atoms with Gasteiger partial charge in [-0.2, -0.15) is 0 Å². The van der Waals surface area contributed by atoms with Gasteiger partial charge in [0.1, 0.15) is 5.75 Å². The van der Waals surface area contributed by atoms with Crippen molar-refractivity contribution in [2.45, 2.75) is 50.2 Å². The highest BCUT2D eigenvalue weighted by Crippen LogP contribution is 2.47. The van der Waals surface area contributed by atoms with Gasteiger partial charge < -0.3 is 15.7 Å². The number of phenolic OH excluding ortho intramolecular Hbond substituents is 1. The Balaban J connectivity index is 1.73. The van der Waals surface area contributed by atoms with Gasteiger partial charge in [0, 0.05) is 18.5 Å². The molecule has 3 N–H and O–H groups in total. The van der Waals surface area contributed by atoms with Gasteiger partial charge in [-0.15, -0.1) is 0 Å². The van der Waals surface area contributed by atoms with E-state index in [-0.39, 0.29) is 17.9 Å². The zero-order valence-corrected chi connectivity index (χ0v) is 14.5. The number of piperidine rings is 3. The Hall–Kier alpha value is -1.59. The second-order valence-corrected chi connectivity index (χ2v) is 8.24. The van der Waals surface area contributed by atoms with E-state index < -0.39 is 5.54 Å². The molecule has 130 valence electrons. The smallest absolute Gasteiger partial charge is 0.242 e. The highest BCUT2D eigenvalue weighted by molar-refractivity contribution is 5.86. The summed E-state index contributed by atoms with van der Waals surface area (Å²) in [5.41, 5.74) is 6.43. The summed E-state index contributed by atoms with van der Waals surface area (Å²) in [5.74, 6) is 1.17. The third-order valence-corrected chi connectivity index (χ3v) is 6.10. The molecule has 5 nitrogen and oxygen atoms in total. The monoisotopic (exact) mass is 329 g/mol. The minimum Gasteiger partial charge on any atom is -0.508 e. The van der Waals surface area contributed by atoms with Crippen LogP contribution in [0.3, 0.4) is 0 Å². The molecule has 1 aromatic carbocycles. The van der Waals surface area contributed by atoms with Crippen LogP contribution in [-0.4, -0.2) is 58.1 Å². The molecule has 2 bridgehead atoms. The van der Waals surface area contributed by atoms with E-state index >= 15 is 0 Å². The third kappa shape index (κ3) is 2.42. The number of benzene rings is 1. The normalized spacial score (nSPS) is 35.1. The highest BCUT2D eigenvalue weighted by atomic mass is 16.3. The molecule has 24 heavy (non-hydrogen) atoms. The number of amides is 1. The molecule has 4 aliphatic rings. The van der Waals surface area contributed by atoms with Crippen molar-refractivity contribution in [1.29, 1.82) is 0 Å². The first-order valence-electron chi connectivity index (χ1n) is 8.99. The third-order valence-electron chi connectivity index (χ3n) is 6.10. The van der Waals surface area contributed by atoms with Gasteiger partial charge in [0.05, 0.1) is 11.6 Å². The molecule has 4 aliphatic heterocycles. The van der Waals surface area contributed by atoms with Crippen molar-refractivity contribution in [3.8, 4) is 5.75 Å². The number of rotatable bonds is 2. The number of likely N-dealkylation sites (tertiary alicyclic amines) is 1. The van der Waals surface area contributed by atoms with Crippen molar-refractivity contribution in [2.75, 3.05) is 19.6 Å². The van der Waals surface area contributed by atoms with Gasteiger partial charge in [-0.05, 0) is 63.4 Å². The molecule has 5 heteroatoms. The van der Waals surface area contributed by atoms with E-state index in [4.69, 9.17) is 5.73 Å². The molecule has 0 saturated carbocycles. The van der Waals surface area contributed by atoms with Gasteiger partial charge in [0.25, 0.3) is 0 Å². The van der Waals surface area contributed by atoms with Crippen LogP contribution in [0.2, 0.25) is 0 Å². The molecule has 0 aliphatic carbocycles. The molecule has 4 heterocycles. The van der Waals surface area contributed by atoms with Crippen LogP contribution >= 0.6 is 0 Å². The molecular weight excluding hydrogens is 302 g/mol. The van der Waals surface area contributed by atoms with Gasteiger partial charge in [-0.3, -0.25) is 9.69 Å². The predicted octanol–water partition coefficient (Wildman–Crippen LogP) is 1.52. The van der Waals surface area contributed by atoms with E-state index in [0.29, 0.717) is 24.3 Å². The molecule has 4 fully saturated rings. The Bertz CT molecular complexity index is 646. The number of carbonyl (C=O) groups excluding carboxylic acids is 1. The first-order chi connectivity index (χ1) is 11.4. The summed E-state index contributed by atoms with van der Waals surface area (Å²) in [6, 6.07) is 8.14. The molecule has 0 unspecified atom stereocenters. The summed E-state index contributed by atoms with van der Waals surface area (Å²) in [5, 5.41) is 9.89. The van der Waals surface area contributed by atoms with Gasteiger partial charge in [-0.25, -0.2) is 0 Å². The summed E-state index contributed by atoms with van der Waals surface area (Å²) < 4.78 is 0. The molecule has 0 spiro atoms. The van der Waals surface area contributed by atoms with Crippen molar-refractivity contribution in [1.82, 2.24) is 9.80 Å². The zero-order chi connectivity index (χ0) is 17.1. The van der Waals surface area contributed by atoms with Crippen molar-refractivity contribution >= 4 is 5.91 Å². The van der Waals surface area contributed by atoms with Crippen molar-refractivity contribution in [3.05, 3.63) is 29.8 Å². The van der Waals surface area contributed by atoms with Crippen LogP contribution in [0.25, 0.3) is 0 Å². The molecule has 5 rings (SSSR count). The fourth-order valence-electron chi connectivity index (χ4n) is 5.07. The summed E-state index contributed by atoms with van der Waals surface area (Å²) in [6.07, 6.45) is 2.34. The summed E-state index contributed by atoms with van der Waals surface area (Å²) in [6.45, 7) is 6.54. The lowest BCUT2D eigenvalue weighted by molar-refractivity contribution is -0.140. The Labute approximate surface area is 143 Å². The fraction of sp³-hybridized carbons (Fsp3) is 0.632. The number of hydrogen-bond donors (Lipinski definition) is 2. The maximum absolute atomic E-state index is 13.0. The average molecular weight is 329 g/mol. The van der Waals surface area contributed by atoms with E-state index in [1.165, 1.54) is 12.8 Å². The van der Waals surface area contributed by atoms with E-state index in [2.05, 4.69) is 15.9 Å². The average Bonchev–Trinajstić information content (AvgIpc) is 2.97. The Morgan fingerprint density at radius 1 is 1.25 bits per heavy atom. The largest absolute Gasteiger partial charge is 0.508 e. The van der Waals surface area contributed by atoms with Crippen LogP contribution < -0.4 is 5.73 Å². The minimum atomic E-state index is -0.843. The number of nitrogens with zero attached hydrogens (tertiary/aromatic N) is 2. The topological polar surface area (TPSA) is 69.8 Å². The lowest BCUT2D eigenvalue weighted by atomic mass is 9.75. The second kappa shape index (κ2) is 5.46. The van der Waals surface area contributed by atoms with E-state index in [1.807, 2.05) is 12.1 Å². The zero-order valence-electron chi connectivity index (χ0n) is 14.5. The van der Waals surface area contributed by atoms with Crippen molar-refractivity contribution in [2.24, 2.45) is 11.7 Å². The Kier molecular flexibility index (Phi) is 3.62. The maximum atomic E-state index is 13.0. The van der Waals surface area contributed by atoms with Crippen LogP contribution in [0.4, 0.5) is 0 Å². The Morgan fingerprint density at radius 3 is 2.58 bits per heavy atom. The molecule has 0 aromatic heterocycles. The second-order valence-electron chi connectivity index (χ2n) is 8.24. The SMILES string of the molecule is CC(C)(N)C(=O)N1C[C@H](c2cccc(O)c2)[C@H]2[C@@H]1C1CCN2CC1. The molecular formula is C19H27N3O2. The minimum absolute atomic E-state index is 0.0499. The number of fused-ring (bicyclic) bond motifs is 2. The molecule has 1 amide bonds. The quantitative estimate of drug-likeness (QED) is 0.863. The van der Waals surface area contributed by atoms with Crippen LogP contribution in [0.15, 0.2) is 24.3 Å². The lowest BCUT2D eigenvalue weighted by Crippen LogP contribution is -2.63. The first kappa shape index (κ1) is 15.9. The standard InChI is InChI=1S/C19H27N3O2/c1-19(2,20)18(24)22-11-15(13-4-3-5-14(23)10-13)17-16(22)12-6-8-21(17)9-7-12/h3-5,10,12,15-17,23H,6-9,11,20H2,1-2H3/t15-,16+,17+/m1/s1. The molecule has 1 aromatic rings. The number of carbonyl (C=O) groups is 1. The van der Waals surface area contributed by atoms with Gasteiger partial charge in [-0.1, -0.05) is 12.1 Å². The van der Waals surface area contributed by atoms with Gasteiger partial charge in [0.15, 0.2) is 0 Å². The molecule has 3 atom stereocenters. The van der Waals surface area contributed by atoms with Crippen LogP contribution in [-0.2, 0) is 4.79 Å². The number of nitrogens with two attached hydrogens (primary N) is 1. The van der Waals surface area contributed by atoms with Gasteiger partial charge in [0.2, 0.25) is 5.91 Å². The summed E-state index contributed by atoms with van der Waals surface area (Å²) in [4.78, 5) is 17.6. The van der Waals surface area contributed by atoms with Gasteiger partial charge >= 0.3 is 0 Å². The predicted molar refractivity (Wildman–Crippen MR) is 92.7 cm³/mol. The van der Waals surface area contributed by atoms with Crippen LogP contribution in [0.1, 0.15) is 38.2 Å². The van der Waals surface area contributed by atoms with Crippen LogP contribution in [0.5, 0.6) is 5.75 Å². The highest BCUT2D eigenvalue weighted by Gasteiger charge is 2.55. The lowest BCUT2D eigenvalue weighted by Gasteiger charge is -2.51. The number of hydrogen-bond acceptors (Lipinski definition) is 4. The first-order valence-corrected chi connectivity index (χ1v) is 8.99. The molecule has 4 saturated heterocycles. The fourth-order valence-corrected chi connectivity index (χ4v) is 5.07. The van der Waals surface area contributed by atoms with Crippen LogP contribution in [0, 0.1) is 5.92 Å². The Morgan fingerprint density at radius 2 is 1.96 bits per heavy atom. The van der Waals surface area contributed by atoms with E-state index in [1.54, 1.807) is 19.9 Å². The van der Waals surface area contributed by atoms with Crippen molar-refractivity contribution < 1.29 is 9.90 Å². The maximum Gasteiger partial charge on any atom is 0.242 e. The summed E-state index contributed by atoms with van der Waals surface area (Å²) in [7, 11) is 0. The molecule has 0 radical (unpaired) electrons.